The number of nitrogens with zero attached hydrogens (tertiary/aromatic N) is 1. The molecule has 0 saturated carbocycles. The van der Waals surface area contributed by atoms with E-state index < -0.39 is 6.09 Å². The minimum atomic E-state index is -1.31. The Morgan fingerprint density at radius 3 is 2.73 bits per heavy atom. The summed E-state index contributed by atoms with van der Waals surface area (Å²) in [6.45, 7) is 3.54. The minimum Gasteiger partial charge on any atom is -0.463 e. The van der Waals surface area contributed by atoms with Gasteiger partial charge in [-0.2, -0.15) is 4.99 Å². The number of aliphatic imine (C=N–C) groups is 1. The molecule has 0 aromatic rings. The number of carbonyl (C=O) groups excluding carboxylic acids is 1. The molecule has 0 aromatic carbocycles. The predicted molar refractivity (Wildman–Crippen MR) is 61.2 cm³/mol. The van der Waals surface area contributed by atoms with Crippen LogP contribution in [-0.2, 0) is 4.79 Å². The van der Waals surface area contributed by atoms with Gasteiger partial charge in [0.25, 0.3) is 0 Å². The van der Waals surface area contributed by atoms with Crippen LogP contribution in [0.25, 0.3) is 0 Å². The van der Waals surface area contributed by atoms with Crippen molar-refractivity contribution in [1.82, 2.24) is 5.32 Å². The molecular weight excluding hydrogens is 216 g/mol. The molecule has 0 bridgehead atoms. The maximum absolute atomic E-state index is 11.2. The van der Waals surface area contributed by atoms with Crippen molar-refractivity contribution >= 4 is 28.9 Å². The smallest absolute Gasteiger partial charge is 0.433 e. The molecule has 0 aromatic heterocycles. The maximum atomic E-state index is 11.2. The molecule has 5 nitrogen and oxygen atoms in total. The number of amidine groups is 1. The Hall–Kier alpha value is -1.30. The Balaban J connectivity index is 4.02. The molecule has 0 spiro atoms. The Morgan fingerprint density at radius 1 is 1.60 bits per heavy atom. The lowest BCUT2D eigenvalue weighted by molar-refractivity contribution is -0.119. The molecule has 84 valence electrons. The number of hydrogen-bond donors (Lipinski definition) is 2. The molecule has 2 amide bonds. The maximum Gasteiger partial charge on any atom is 0.433 e. The van der Waals surface area contributed by atoms with Gasteiger partial charge in [-0.1, -0.05) is 17.8 Å². The lowest BCUT2D eigenvalue weighted by Gasteiger charge is -2.03. The fraction of sp³-hybridized carbons (Fsp3) is 0.444. The lowest BCUT2D eigenvalue weighted by Crippen LogP contribution is -2.28. The molecule has 2 N–H and O–H groups in total. The molecule has 0 radical (unpaired) electrons. The number of thioether (sulfide) groups is 1. The van der Waals surface area contributed by atoms with Gasteiger partial charge in [0.2, 0.25) is 5.91 Å². The van der Waals surface area contributed by atoms with Crippen LogP contribution in [0.2, 0.25) is 0 Å². The number of hydrogen-bond acceptors (Lipinski definition) is 3. The number of carbonyl (C=O) groups is 2. The highest BCUT2D eigenvalue weighted by molar-refractivity contribution is 8.13. The highest BCUT2D eigenvalue weighted by Gasteiger charge is 2.05. The number of unbranched alkanes of at least 4 members (excludes halogenated alkanes) is 1. The molecular formula is C9H14N2O3S. The van der Waals surface area contributed by atoms with Crippen LogP contribution < -0.4 is 5.32 Å². The highest BCUT2D eigenvalue weighted by atomic mass is 32.2. The summed E-state index contributed by atoms with van der Waals surface area (Å²) in [4.78, 5) is 24.7. The summed E-state index contributed by atoms with van der Waals surface area (Å²) in [5.41, 5.74) is 0. The molecule has 0 fully saturated rings. The van der Waals surface area contributed by atoms with E-state index in [9.17, 15) is 9.59 Å². The van der Waals surface area contributed by atoms with Crippen molar-refractivity contribution in [3.05, 3.63) is 12.7 Å². The summed E-state index contributed by atoms with van der Waals surface area (Å²) < 4.78 is 0. The van der Waals surface area contributed by atoms with Crippen molar-refractivity contribution in [3.63, 3.8) is 0 Å². The van der Waals surface area contributed by atoms with Gasteiger partial charge in [0.05, 0.1) is 0 Å². The van der Waals surface area contributed by atoms with Gasteiger partial charge in [-0.15, -0.1) is 6.58 Å². The molecule has 6 heteroatoms. The van der Waals surface area contributed by atoms with Gasteiger partial charge < -0.3 is 10.4 Å². The third-order valence-corrected chi connectivity index (χ3v) is 2.03. The van der Waals surface area contributed by atoms with Crippen molar-refractivity contribution in [1.29, 1.82) is 0 Å². The van der Waals surface area contributed by atoms with Gasteiger partial charge in [0, 0.05) is 6.42 Å². The van der Waals surface area contributed by atoms with E-state index in [2.05, 4.69) is 16.9 Å². The summed E-state index contributed by atoms with van der Waals surface area (Å²) in [7, 11) is 0. The number of amides is 2. The van der Waals surface area contributed by atoms with Crippen LogP contribution in [-0.4, -0.2) is 28.5 Å². The van der Waals surface area contributed by atoms with Gasteiger partial charge in [0.15, 0.2) is 5.17 Å². The molecule has 0 aliphatic heterocycles. The van der Waals surface area contributed by atoms with Gasteiger partial charge in [-0.25, -0.2) is 4.79 Å². The molecule has 0 aliphatic rings. The average Bonchev–Trinajstić information content (AvgIpc) is 2.16. The van der Waals surface area contributed by atoms with Crippen LogP contribution in [0.3, 0.4) is 0 Å². The van der Waals surface area contributed by atoms with Gasteiger partial charge in [-0.3, -0.25) is 4.79 Å². The zero-order valence-electron chi connectivity index (χ0n) is 8.52. The standard InChI is InChI=1S/C9H14N2O3S/c1-3-4-5-6-7(12)10-8(15-2)11-9(13)14/h3H,1,4-6H2,2H3,(H,13,14)(H,10,11,12). The van der Waals surface area contributed by atoms with Gasteiger partial charge >= 0.3 is 6.09 Å². The predicted octanol–water partition coefficient (Wildman–Crippen LogP) is 1.86. The van der Waals surface area contributed by atoms with Crippen molar-refractivity contribution in [2.75, 3.05) is 6.26 Å². The normalized spacial score (nSPS) is 10.9. The van der Waals surface area contributed by atoms with E-state index in [1.54, 1.807) is 12.3 Å². The molecule has 0 unspecified atom stereocenters. The molecule has 15 heavy (non-hydrogen) atoms. The SMILES string of the molecule is C=CCCCC(=O)NC(=NC(=O)O)SC. The second-order valence-electron chi connectivity index (χ2n) is 2.63. The Kier molecular flexibility index (Phi) is 7.35. The van der Waals surface area contributed by atoms with Gasteiger partial charge in [0.1, 0.15) is 0 Å². The van der Waals surface area contributed by atoms with E-state index >= 15 is 0 Å². The largest absolute Gasteiger partial charge is 0.463 e. The van der Waals surface area contributed by atoms with Crippen molar-refractivity contribution < 1.29 is 14.7 Å². The summed E-state index contributed by atoms with van der Waals surface area (Å²) in [5.74, 6) is -0.230. The Bertz CT molecular complexity index is 277. The van der Waals surface area contributed by atoms with E-state index in [0.29, 0.717) is 12.8 Å². The molecule has 0 atom stereocenters. The molecule has 0 saturated heterocycles. The molecule has 0 aliphatic carbocycles. The first-order chi connectivity index (χ1) is 7.10. The van der Waals surface area contributed by atoms with E-state index in [1.807, 2.05) is 0 Å². The fourth-order valence-electron chi connectivity index (χ4n) is 0.800. The van der Waals surface area contributed by atoms with Crippen LogP contribution in [0.4, 0.5) is 4.79 Å². The average molecular weight is 230 g/mol. The number of rotatable bonds is 4. The number of allylic oxidation sites excluding steroid dienone is 1. The highest BCUT2D eigenvalue weighted by Crippen LogP contribution is 1.99. The summed E-state index contributed by atoms with van der Waals surface area (Å²) in [5, 5.41) is 10.9. The number of carboxylic acid groups (broad SMARTS) is 1. The monoisotopic (exact) mass is 230 g/mol. The topological polar surface area (TPSA) is 78.8 Å². The first kappa shape index (κ1) is 13.7. The van der Waals surface area contributed by atoms with Crippen molar-refractivity contribution in [3.8, 4) is 0 Å². The second kappa shape index (κ2) is 8.05. The van der Waals surface area contributed by atoms with Crippen LogP contribution in [0.5, 0.6) is 0 Å². The number of nitrogens with one attached hydrogen (secondary N) is 1. The Morgan fingerprint density at radius 2 is 2.27 bits per heavy atom. The molecule has 0 heterocycles. The van der Waals surface area contributed by atoms with E-state index in [-0.39, 0.29) is 11.1 Å². The van der Waals surface area contributed by atoms with Gasteiger partial charge in [-0.05, 0) is 19.1 Å². The second-order valence-corrected chi connectivity index (χ2v) is 3.43. The lowest BCUT2D eigenvalue weighted by atomic mass is 10.2. The van der Waals surface area contributed by atoms with Crippen molar-refractivity contribution in [2.45, 2.75) is 19.3 Å². The van der Waals surface area contributed by atoms with Crippen LogP contribution >= 0.6 is 11.8 Å². The third kappa shape index (κ3) is 7.75. The molecule has 0 rings (SSSR count). The van der Waals surface area contributed by atoms with E-state index in [1.165, 1.54) is 0 Å². The third-order valence-electron chi connectivity index (χ3n) is 1.45. The Labute approximate surface area is 92.7 Å². The van der Waals surface area contributed by atoms with E-state index in [0.717, 1.165) is 18.2 Å². The summed E-state index contributed by atoms with van der Waals surface area (Å²) in [6, 6.07) is 0. The zero-order chi connectivity index (χ0) is 11.7. The fourth-order valence-corrected chi connectivity index (χ4v) is 1.19. The van der Waals surface area contributed by atoms with Crippen LogP contribution in [0.1, 0.15) is 19.3 Å². The van der Waals surface area contributed by atoms with Crippen LogP contribution in [0, 0.1) is 0 Å². The first-order valence-corrected chi connectivity index (χ1v) is 5.59. The zero-order valence-corrected chi connectivity index (χ0v) is 9.34. The van der Waals surface area contributed by atoms with E-state index in [4.69, 9.17) is 5.11 Å². The summed E-state index contributed by atoms with van der Waals surface area (Å²) >= 11 is 1.08. The van der Waals surface area contributed by atoms with Crippen molar-refractivity contribution in [2.24, 2.45) is 4.99 Å². The summed E-state index contributed by atoms with van der Waals surface area (Å²) in [6.07, 6.45) is 3.86. The first-order valence-electron chi connectivity index (χ1n) is 4.36. The van der Waals surface area contributed by atoms with Crippen LogP contribution in [0.15, 0.2) is 17.6 Å². The minimum absolute atomic E-state index is 0.103. The quantitative estimate of drug-likeness (QED) is 0.334.